The van der Waals surface area contributed by atoms with Crippen LogP contribution in [0.5, 0.6) is 0 Å². The fraction of sp³-hybridized carbons (Fsp3) is 0.312. The molecule has 1 aromatic heterocycles. The number of benzene rings is 1. The van der Waals surface area contributed by atoms with Gasteiger partial charge >= 0.3 is 0 Å². The van der Waals surface area contributed by atoms with Gasteiger partial charge in [-0.3, -0.25) is 0 Å². The van der Waals surface area contributed by atoms with Gasteiger partial charge in [0.1, 0.15) is 5.82 Å². The van der Waals surface area contributed by atoms with E-state index in [1.807, 2.05) is 19.1 Å². The van der Waals surface area contributed by atoms with E-state index < -0.39 is 6.10 Å². The molecular weight excluding hydrogens is 236 g/mol. The molecule has 0 aliphatic heterocycles. The van der Waals surface area contributed by atoms with Crippen LogP contribution in [0.3, 0.4) is 0 Å². The number of aliphatic hydroxyl groups is 1. The number of pyridine rings is 1. The molecule has 3 heteroatoms. The van der Waals surface area contributed by atoms with Gasteiger partial charge in [0.15, 0.2) is 0 Å². The first-order valence-electron chi connectivity index (χ1n) is 6.64. The van der Waals surface area contributed by atoms with Gasteiger partial charge in [-0.05, 0) is 42.5 Å². The van der Waals surface area contributed by atoms with E-state index in [4.69, 9.17) is 5.73 Å². The highest BCUT2D eigenvalue weighted by molar-refractivity contribution is 5.45. The van der Waals surface area contributed by atoms with E-state index in [0.29, 0.717) is 5.82 Å². The maximum Gasteiger partial charge on any atom is 0.129 e. The van der Waals surface area contributed by atoms with E-state index in [2.05, 4.69) is 23.2 Å². The summed E-state index contributed by atoms with van der Waals surface area (Å²) >= 11 is 0. The Morgan fingerprint density at radius 3 is 3.00 bits per heavy atom. The van der Waals surface area contributed by atoms with Crippen LogP contribution in [0.25, 0.3) is 0 Å². The molecule has 3 N–H and O–H groups in total. The average Bonchev–Trinajstić information content (AvgIpc) is 2.84. The summed E-state index contributed by atoms with van der Waals surface area (Å²) in [5.41, 5.74) is 10.3. The van der Waals surface area contributed by atoms with Crippen molar-refractivity contribution < 1.29 is 5.11 Å². The zero-order valence-electron chi connectivity index (χ0n) is 11.0. The van der Waals surface area contributed by atoms with Gasteiger partial charge in [-0.2, -0.15) is 0 Å². The largest absolute Gasteiger partial charge is 0.388 e. The summed E-state index contributed by atoms with van der Waals surface area (Å²) < 4.78 is 0. The first kappa shape index (κ1) is 12.2. The summed E-state index contributed by atoms with van der Waals surface area (Å²) in [6.45, 7) is 1.96. The second-order valence-electron chi connectivity index (χ2n) is 5.28. The fourth-order valence-corrected chi connectivity index (χ4v) is 2.97. The predicted octanol–water partition coefficient (Wildman–Crippen LogP) is 2.74. The number of nitrogens with zero attached hydrogens (tertiary/aromatic N) is 1. The molecule has 2 atom stereocenters. The van der Waals surface area contributed by atoms with Crippen molar-refractivity contribution in [3.63, 3.8) is 0 Å². The number of fused-ring (bicyclic) bond motifs is 1. The SMILES string of the molecule is Cc1cnc(N)c(C(O)C2CCc3ccccc32)c1. The standard InChI is InChI=1S/C16H18N2O/c1-10-8-14(16(17)18-9-10)15(19)13-7-6-11-4-2-3-5-12(11)13/h2-5,8-9,13,15,19H,6-7H2,1H3,(H2,17,18). The summed E-state index contributed by atoms with van der Waals surface area (Å²) in [6.07, 6.45) is 3.15. The Hall–Kier alpha value is -1.87. The molecule has 98 valence electrons. The van der Waals surface area contributed by atoms with Gasteiger partial charge in [0.05, 0.1) is 6.10 Å². The minimum absolute atomic E-state index is 0.127. The van der Waals surface area contributed by atoms with Crippen LogP contribution in [0.1, 0.15) is 40.7 Å². The minimum atomic E-state index is -0.573. The molecule has 0 radical (unpaired) electrons. The number of anilines is 1. The first-order chi connectivity index (χ1) is 9.16. The molecule has 0 bridgehead atoms. The van der Waals surface area contributed by atoms with Crippen LogP contribution in [0.4, 0.5) is 5.82 Å². The van der Waals surface area contributed by atoms with E-state index in [0.717, 1.165) is 24.0 Å². The van der Waals surface area contributed by atoms with Gasteiger partial charge < -0.3 is 10.8 Å². The van der Waals surface area contributed by atoms with Crippen molar-refractivity contribution in [3.8, 4) is 0 Å². The lowest BCUT2D eigenvalue weighted by Gasteiger charge is -2.21. The van der Waals surface area contributed by atoms with Crippen LogP contribution >= 0.6 is 0 Å². The lowest BCUT2D eigenvalue weighted by molar-refractivity contribution is 0.145. The molecule has 19 heavy (non-hydrogen) atoms. The maximum atomic E-state index is 10.7. The monoisotopic (exact) mass is 254 g/mol. The van der Waals surface area contributed by atoms with Crippen LogP contribution in [0, 0.1) is 6.92 Å². The molecule has 1 aliphatic rings. The minimum Gasteiger partial charge on any atom is -0.388 e. The Bertz CT molecular complexity index is 609. The quantitative estimate of drug-likeness (QED) is 0.866. The van der Waals surface area contributed by atoms with E-state index in [1.54, 1.807) is 6.20 Å². The Kier molecular flexibility index (Phi) is 2.99. The lowest BCUT2D eigenvalue weighted by Crippen LogP contribution is -2.11. The predicted molar refractivity (Wildman–Crippen MR) is 75.9 cm³/mol. The number of hydrogen-bond acceptors (Lipinski definition) is 3. The number of aryl methyl sites for hydroxylation is 2. The van der Waals surface area contributed by atoms with E-state index in [1.165, 1.54) is 11.1 Å². The van der Waals surface area contributed by atoms with Gasteiger partial charge in [0.2, 0.25) is 0 Å². The summed E-state index contributed by atoms with van der Waals surface area (Å²) in [5, 5.41) is 10.7. The molecule has 0 saturated heterocycles. The van der Waals surface area contributed by atoms with Crippen molar-refractivity contribution in [1.82, 2.24) is 4.98 Å². The van der Waals surface area contributed by atoms with Crippen LogP contribution < -0.4 is 5.73 Å². The number of nitrogen functional groups attached to an aromatic ring is 1. The Labute approximate surface area is 113 Å². The number of hydrogen-bond donors (Lipinski definition) is 2. The highest BCUT2D eigenvalue weighted by atomic mass is 16.3. The molecule has 0 spiro atoms. The summed E-state index contributed by atoms with van der Waals surface area (Å²) in [6, 6.07) is 10.3. The summed E-state index contributed by atoms with van der Waals surface area (Å²) in [4.78, 5) is 4.14. The molecule has 3 nitrogen and oxygen atoms in total. The second-order valence-corrected chi connectivity index (χ2v) is 5.28. The third-order valence-electron chi connectivity index (χ3n) is 3.97. The molecule has 1 aliphatic carbocycles. The van der Waals surface area contributed by atoms with Gasteiger partial charge in [0, 0.05) is 17.7 Å². The van der Waals surface area contributed by atoms with Crippen molar-refractivity contribution >= 4 is 5.82 Å². The summed E-state index contributed by atoms with van der Waals surface area (Å²) in [5.74, 6) is 0.560. The molecule has 2 unspecified atom stereocenters. The molecular formula is C16H18N2O. The average molecular weight is 254 g/mol. The van der Waals surface area contributed by atoms with Gasteiger partial charge in [-0.25, -0.2) is 4.98 Å². The van der Waals surface area contributed by atoms with E-state index >= 15 is 0 Å². The third kappa shape index (κ3) is 2.10. The topological polar surface area (TPSA) is 59.1 Å². The molecule has 0 fully saturated rings. The van der Waals surface area contributed by atoms with Crippen molar-refractivity contribution in [2.75, 3.05) is 5.73 Å². The van der Waals surface area contributed by atoms with Gasteiger partial charge in [-0.1, -0.05) is 24.3 Å². The Balaban J connectivity index is 1.97. The van der Waals surface area contributed by atoms with Crippen molar-refractivity contribution in [1.29, 1.82) is 0 Å². The molecule has 1 heterocycles. The van der Waals surface area contributed by atoms with Crippen LogP contribution in [-0.2, 0) is 6.42 Å². The van der Waals surface area contributed by atoms with E-state index in [-0.39, 0.29) is 5.92 Å². The number of rotatable bonds is 2. The van der Waals surface area contributed by atoms with Crippen LogP contribution in [0.15, 0.2) is 36.5 Å². The molecule has 2 aromatic rings. The smallest absolute Gasteiger partial charge is 0.129 e. The Morgan fingerprint density at radius 1 is 1.37 bits per heavy atom. The first-order valence-corrected chi connectivity index (χ1v) is 6.64. The van der Waals surface area contributed by atoms with Gasteiger partial charge in [-0.15, -0.1) is 0 Å². The Morgan fingerprint density at radius 2 is 2.16 bits per heavy atom. The number of nitrogens with two attached hydrogens (primary N) is 1. The zero-order valence-corrected chi connectivity index (χ0v) is 11.0. The zero-order chi connectivity index (χ0) is 13.4. The normalized spacial score (nSPS) is 19.2. The lowest BCUT2D eigenvalue weighted by atomic mass is 9.90. The highest BCUT2D eigenvalue weighted by Gasteiger charge is 2.30. The van der Waals surface area contributed by atoms with Crippen molar-refractivity contribution in [2.45, 2.75) is 31.8 Å². The third-order valence-corrected chi connectivity index (χ3v) is 3.97. The molecule has 0 saturated carbocycles. The van der Waals surface area contributed by atoms with Crippen LogP contribution in [-0.4, -0.2) is 10.1 Å². The van der Waals surface area contributed by atoms with Gasteiger partial charge in [0.25, 0.3) is 0 Å². The maximum absolute atomic E-state index is 10.7. The number of aromatic nitrogens is 1. The van der Waals surface area contributed by atoms with E-state index in [9.17, 15) is 5.11 Å². The molecule has 1 aromatic carbocycles. The molecule has 0 amide bonds. The number of aliphatic hydroxyl groups excluding tert-OH is 1. The van der Waals surface area contributed by atoms with Crippen LogP contribution in [0.2, 0.25) is 0 Å². The fourth-order valence-electron chi connectivity index (χ4n) is 2.97. The van der Waals surface area contributed by atoms with Crippen molar-refractivity contribution in [2.24, 2.45) is 0 Å². The molecule has 3 rings (SSSR count). The van der Waals surface area contributed by atoms with Crippen molar-refractivity contribution in [3.05, 3.63) is 58.8 Å². The highest BCUT2D eigenvalue weighted by Crippen LogP contribution is 2.42. The summed E-state index contributed by atoms with van der Waals surface area (Å²) in [7, 11) is 0. The second kappa shape index (κ2) is 4.67.